The molecule has 0 amide bonds. The molecule has 1 N–H and O–H groups in total. The van der Waals surface area contributed by atoms with Crippen molar-refractivity contribution >= 4 is 0 Å². The van der Waals surface area contributed by atoms with E-state index in [2.05, 4.69) is 16.2 Å². The molecule has 0 aromatic carbocycles. The molecule has 1 aliphatic rings. The third kappa shape index (κ3) is 3.78. The van der Waals surface area contributed by atoms with Crippen molar-refractivity contribution in [2.45, 2.75) is 44.2 Å². The van der Waals surface area contributed by atoms with E-state index in [9.17, 15) is 5.11 Å². The van der Waals surface area contributed by atoms with Crippen LogP contribution in [0.15, 0.2) is 35.2 Å². The van der Waals surface area contributed by atoms with Crippen LogP contribution in [0.3, 0.4) is 0 Å². The Labute approximate surface area is 131 Å². The highest BCUT2D eigenvalue weighted by Gasteiger charge is 2.27. The number of aromatic nitrogens is 2. The van der Waals surface area contributed by atoms with Crippen LogP contribution in [0, 0.1) is 0 Å². The summed E-state index contributed by atoms with van der Waals surface area (Å²) in [5.41, 5.74) is 1.30. The number of aryl methyl sites for hydroxylation is 2. The van der Waals surface area contributed by atoms with E-state index in [1.54, 1.807) is 6.26 Å². The van der Waals surface area contributed by atoms with E-state index in [-0.39, 0.29) is 0 Å². The van der Waals surface area contributed by atoms with Crippen molar-refractivity contribution in [3.05, 3.63) is 42.1 Å². The molecule has 0 bridgehead atoms. The fourth-order valence-corrected chi connectivity index (χ4v) is 3.40. The Morgan fingerprint density at radius 2 is 2.41 bits per heavy atom. The molecular formula is C17H25N3O2. The molecule has 0 saturated carbocycles. The standard InChI is InChI=1S/C17H25N3O2/c1-19-13-14(12-18-19)5-2-8-20-9-3-6-15(20)11-16(21)17-7-4-10-22-17/h4,7,10,12-13,15-16,21H,2-3,5-6,8-9,11H2,1H3. The molecule has 0 radical (unpaired) electrons. The van der Waals surface area contributed by atoms with Gasteiger partial charge < -0.3 is 14.4 Å². The molecule has 2 atom stereocenters. The van der Waals surface area contributed by atoms with E-state index >= 15 is 0 Å². The minimum Gasteiger partial charge on any atom is -0.467 e. The zero-order chi connectivity index (χ0) is 15.4. The number of furan rings is 1. The van der Waals surface area contributed by atoms with Gasteiger partial charge in [-0.2, -0.15) is 5.10 Å². The fraction of sp³-hybridized carbons (Fsp3) is 0.588. The second kappa shape index (κ2) is 7.11. The Balaban J connectivity index is 1.46. The van der Waals surface area contributed by atoms with Crippen LogP contribution in [-0.2, 0) is 13.5 Å². The number of hydrogen-bond donors (Lipinski definition) is 1. The minimum atomic E-state index is -0.487. The van der Waals surface area contributed by atoms with Crippen molar-refractivity contribution in [1.29, 1.82) is 0 Å². The lowest BCUT2D eigenvalue weighted by Crippen LogP contribution is -2.32. The fourth-order valence-electron chi connectivity index (χ4n) is 3.40. The number of aliphatic hydroxyl groups is 1. The molecule has 2 unspecified atom stereocenters. The van der Waals surface area contributed by atoms with Gasteiger partial charge in [0, 0.05) is 19.3 Å². The lowest BCUT2D eigenvalue weighted by Gasteiger charge is -2.25. The van der Waals surface area contributed by atoms with Gasteiger partial charge in [-0.1, -0.05) is 0 Å². The van der Waals surface area contributed by atoms with Gasteiger partial charge in [0.1, 0.15) is 11.9 Å². The van der Waals surface area contributed by atoms with Crippen LogP contribution in [0.4, 0.5) is 0 Å². The molecule has 1 aliphatic heterocycles. The molecule has 5 nitrogen and oxygen atoms in total. The summed E-state index contributed by atoms with van der Waals surface area (Å²) in [6.07, 6.45) is 10.5. The van der Waals surface area contributed by atoms with Gasteiger partial charge in [-0.3, -0.25) is 4.68 Å². The molecule has 0 aliphatic carbocycles. The average molecular weight is 303 g/mol. The first-order valence-corrected chi connectivity index (χ1v) is 8.15. The lowest BCUT2D eigenvalue weighted by atomic mass is 10.0. The molecule has 3 heterocycles. The smallest absolute Gasteiger partial charge is 0.132 e. The number of rotatable bonds is 7. The van der Waals surface area contributed by atoms with Crippen LogP contribution in [-0.4, -0.2) is 38.9 Å². The Bertz CT molecular complexity index is 564. The summed E-state index contributed by atoms with van der Waals surface area (Å²) in [5.74, 6) is 0.683. The highest BCUT2D eigenvalue weighted by atomic mass is 16.4. The molecule has 2 aromatic rings. The molecular weight excluding hydrogens is 278 g/mol. The highest BCUT2D eigenvalue weighted by Crippen LogP contribution is 2.27. The van der Waals surface area contributed by atoms with Gasteiger partial charge in [-0.15, -0.1) is 0 Å². The zero-order valence-corrected chi connectivity index (χ0v) is 13.2. The van der Waals surface area contributed by atoms with Gasteiger partial charge in [0.15, 0.2) is 0 Å². The van der Waals surface area contributed by atoms with Gasteiger partial charge >= 0.3 is 0 Å². The zero-order valence-electron chi connectivity index (χ0n) is 13.2. The summed E-state index contributed by atoms with van der Waals surface area (Å²) in [7, 11) is 1.95. The highest BCUT2D eigenvalue weighted by molar-refractivity contribution is 5.04. The van der Waals surface area contributed by atoms with Crippen molar-refractivity contribution in [2.75, 3.05) is 13.1 Å². The molecule has 1 fully saturated rings. The molecule has 1 saturated heterocycles. The molecule has 5 heteroatoms. The first-order valence-electron chi connectivity index (χ1n) is 8.15. The topological polar surface area (TPSA) is 54.4 Å². The van der Waals surface area contributed by atoms with E-state index in [1.807, 2.05) is 30.1 Å². The van der Waals surface area contributed by atoms with Crippen molar-refractivity contribution in [1.82, 2.24) is 14.7 Å². The number of likely N-dealkylation sites (tertiary alicyclic amines) is 1. The predicted octanol–water partition coefficient (Wildman–Crippen LogP) is 2.53. The SMILES string of the molecule is Cn1cc(CCCN2CCCC2CC(O)c2ccco2)cn1. The van der Waals surface area contributed by atoms with Gasteiger partial charge in [0.2, 0.25) is 0 Å². The summed E-state index contributed by atoms with van der Waals surface area (Å²) in [5, 5.41) is 14.5. The Hall–Kier alpha value is -1.59. The maximum Gasteiger partial charge on any atom is 0.132 e. The Morgan fingerprint density at radius 1 is 1.50 bits per heavy atom. The van der Waals surface area contributed by atoms with Crippen LogP contribution >= 0.6 is 0 Å². The second-order valence-corrected chi connectivity index (χ2v) is 6.22. The largest absolute Gasteiger partial charge is 0.467 e. The molecule has 22 heavy (non-hydrogen) atoms. The summed E-state index contributed by atoms with van der Waals surface area (Å²) in [6.45, 7) is 2.23. The van der Waals surface area contributed by atoms with Crippen LogP contribution in [0.1, 0.15) is 43.1 Å². The van der Waals surface area contributed by atoms with Crippen LogP contribution in [0.25, 0.3) is 0 Å². The molecule has 120 valence electrons. The Morgan fingerprint density at radius 3 is 3.14 bits per heavy atom. The summed E-state index contributed by atoms with van der Waals surface area (Å²) in [4.78, 5) is 2.52. The monoisotopic (exact) mass is 303 g/mol. The third-order valence-electron chi connectivity index (χ3n) is 4.54. The second-order valence-electron chi connectivity index (χ2n) is 6.22. The molecule has 0 spiro atoms. The van der Waals surface area contributed by atoms with Gasteiger partial charge in [-0.25, -0.2) is 0 Å². The van der Waals surface area contributed by atoms with E-state index in [0.717, 1.165) is 32.4 Å². The van der Waals surface area contributed by atoms with Crippen molar-refractivity contribution in [2.24, 2.45) is 7.05 Å². The Kier molecular flexibility index (Phi) is 4.95. The first kappa shape index (κ1) is 15.3. The van der Waals surface area contributed by atoms with Gasteiger partial charge in [0.05, 0.1) is 12.5 Å². The van der Waals surface area contributed by atoms with Crippen molar-refractivity contribution < 1.29 is 9.52 Å². The minimum absolute atomic E-state index is 0.467. The van der Waals surface area contributed by atoms with E-state index in [1.165, 1.54) is 18.4 Å². The molecule has 2 aromatic heterocycles. The van der Waals surface area contributed by atoms with Crippen molar-refractivity contribution in [3.63, 3.8) is 0 Å². The maximum atomic E-state index is 10.3. The van der Waals surface area contributed by atoms with E-state index in [4.69, 9.17) is 4.42 Å². The number of nitrogens with zero attached hydrogens (tertiary/aromatic N) is 3. The van der Waals surface area contributed by atoms with Gasteiger partial charge in [0.25, 0.3) is 0 Å². The van der Waals surface area contributed by atoms with Crippen LogP contribution < -0.4 is 0 Å². The van der Waals surface area contributed by atoms with E-state index < -0.39 is 6.10 Å². The predicted molar refractivity (Wildman–Crippen MR) is 84.4 cm³/mol. The molecule has 3 rings (SSSR count). The summed E-state index contributed by atoms with van der Waals surface area (Å²) >= 11 is 0. The third-order valence-corrected chi connectivity index (χ3v) is 4.54. The first-order chi connectivity index (χ1) is 10.7. The van der Waals surface area contributed by atoms with E-state index in [0.29, 0.717) is 11.8 Å². The quantitative estimate of drug-likeness (QED) is 0.854. The van der Waals surface area contributed by atoms with Crippen LogP contribution in [0.2, 0.25) is 0 Å². The van der Waals surface area contributed by atoms with Crippen molar-refractivity contribution in [3.8, 4) is 0 Å². The van der Waals surface area contributed by atoms with Gasteiger partial charge in [-0.05, 0) is 62.9 Å². The number of aliphatic hydroxyl groups excluding tert-OH is 1. The number of hydrogen-bond acceptors (Lipinski definition) is 4. The summed E-state index contributed by atoms with van der Waals surface area (Å²) < 4.78 is 7.16. The average Bonchev–Trinajstić information content (AvgIpc) is 3.22. The normalized spacial score (nSPS) is 20.5. The summed E-state index contributed by atoms with van der Waals surface area (Å²) in [6, 6.07) is 4.15. The maximum absolute atomic E-state index is 10.3. The van der Waals surface area contributed by atoms with Crippen LogP contribution in [0.5, 0.6) is 0 Å². The lowest BCUT2D eigenvalue weighted by molar-refractivity contribution is 0.101.